The van der Waals surface area contributed by atoms with Crippen LogP contribution in [0.25, 0.3) is 22.0 Å². The lowest BCUT2D eigenvalue weighted by Gasteiger charge is -2.20. The molecule has 3 nitrogen and oxygen atoms in total. The van der Waals surface area contributed by atoms with Crippen LogP contribution in [0, 0.1) is 6.92 Å². The molecule has 0 spiro atoms. The molecule has 5 heteroatoms. The number of nitrogens with zero attached hydrogens (tertiary/aromatic N) is 2. The number of pyridine rings is 2. The summed E-state index contributed by atoms with van der Waals surface area (Å²) in [6, 6.07) is 7.98. The molecule has 0 saturated heterocycles. The molecule has 1 atom stereocenters. The first-order valence-electron chi connectivity index (χ1n) is 7.98. The van der Waals surface area contributed by atoms with E-state index in [1.165, 1.54) is 0 Å². The Bertz CT molecular complexity index is 873. The highest BCUT2D eigenvalue weighted by atomic mass is 35.5. The van der Waals surface area contributed by atoms with Crippen LogP contribution in [0.1, 0.15) is 25.8 Å². The second-order valence-corrected chi connectivity index (χ2v) is 6.71. The largest absolute Gasteiger partial charge is 0.367 e. The molecule has 1 N–H and O–H groups in total. The Labute approximate surface area is 152 Å². The van der Waals surface area contributed by atoms with Crippen LogP contribution in [0.15, 0.2) is 36.7 Å². The molecule has 0 bridgehead atoms. The Morgan fingerprint density at radius 3 is 2.67 bits per heavy atom. The molecule has 124 valence electrons. The van der Waals surface area contributed by atoms with Gasteiger partial charge in [0.05, 0.1) is 10.5 Å². The van der Waals surface area contributed by atoms with Crippen molar-refractivity contribution in [2.24, 2.45) is 0 Å². The molecule has 0 aliphatic rings. The van der Waals surface area contributed by atoms with Gasteiger partial charge in [-0.15, -0.1) is 0 Å². The van der Waals surface area contributed by atoms with Crippen LogP contribution in [0.3, 0.4) is 0 Å². The van der Waals surface area contributed by atoms with Crippen LogP contribution in [0.2, 0.25) is 10.0 Å². The van der Waals surface area contributed by atoms with Crippen molar-refractivity contribution in [3.05, 3.63) is 52.3 Å². The summed E-state index contributed by atoms with van der Waals surface area (Å²) in [5, 5.41) is 5.58. The number of rotatable bonds is 4. The van der Waals surface area contributed by atoms with Gasteiger partial charge in [-0.1, -0.05) is 42.3 Å². The first kappa shape index (κ1) is 17.0. The zero-order valence-corrected chi connectivity index (χ0v) is 15.4. The molecule has 2 aromatic heterocycles. The lowest BCUT2D eigenvalue weighted by Crippen LogP contribution is -2.15. The van der Waals surface area contributed by atoms with E-state index in [4.69, 9.17) is 28.2 Å². The van der Waals surface area contributed by atoms with E-state index in [-0.39, 0.29) is 6.04 Å². The molecule has 2 heterocycles. The van der Waals surface area contributed by atoms with Gasteiger partial charge in [-0.05, 0) is 38.0 Å². The van der Waals surface area contributed by atoms with Gasteiger partial charge >= 0.3 is 0 Å². The van der Waals surface area contributed by atoms with Crippen LogP contribution in [-0.4, -0.2) is 16.0 Å². The van der Waals surface area contributed by atoms with Crippen LogP contribution >= 0.6 is 23.2 Å². The Hall–Kier alpha value is -1.84. The average molecular weight is 360 g/mol. The third-order valence-corrected chi connectivity index (χ3v) is 4.90. The summed E-state index contributed by atoms with van der Waals surface area (Å²) in [7, 11) is 0. The normalized spacial score (nSPS) is 12.4. The third-order valence-electron chi connectivity index (χ3n) is 4.19. The predicted octanol–water partition coefficient (Wildman–Crippen LogP) is 6.12. The first-order valence-corrected chi connectivity index (χ1v) is 8.73. The van der Waals surface area contributed by atoms with Gasteiger partial charge in [-0.2, -0.15) is 0 Å². The van der Waals surface area contributed by atoms with Crippen molar-refractivity contribution in [2.45, 2.75) is 33.2 Å². The molecule has 0 radical (unpaired) electrons. The summed E-state index contributed by atoms with van der Waals surface area (Å²) >= 11 is 13.3. The van der Waals surface area contributed by atoms with E-state index in [2.05, 4.69) is 24.1 Å². The molecule has 0 saturated carbocycles. The zero-order chi connectivity index (χ0) is 17.3. The Kier molecular flexibility index (Phi) is 4.93. The molecule has 1 aromatic carbocycles. The van der Waals surface area contributed by atoms with Crippen molar-refractivity contribution >= 4 is 39.9 Å². The average Bonchev–Trinajstić information content (AvgIpc) is 2.57. The van der Waals surface area contributed by atoms with Gasteiger partial charge in [0.25, 0.3) is 0 Å². The van der Waals surface area contributed by atoms with Crippen molar-refractivity contribution in [3.63, 3.8) is 0 Å². The molecular formula is C19H19Cl2N3. The lowest BCUT2D eigenvalue weighted by molar-refractivity contribution is 0.760. The standard InChI is InChI=1S/C19H19Cl2N3/c1-4-12(3)23-19-17(16-11(2)6-5-7-14(16)20)18(21)13-10-22-9-8-15(13)24-19/h5-10,12H,4H2,1-3H3,(H,23,24). The fourth-order valence-corrected chi connectivity index (χ4v) is 3.33. The summed E-state index contributed by atoms with van der Waals surface area (Å²) in [4.78, 5) is 8.97. The van der Waals surface area contributed by atoms with Crippen molar-refractivity contribution in [2.75, 3.05) is 5.32 Å². The van der Waals surface area contributed by atoms with E-state index in [1.807, 2.05) is 31.2 Å². The minimum atomic E-state index is 0.273. The minimum absolute atomic E-state index is 0.273. The summed E-state index contributed by atoms with van der Waals surface area (Å²) in [5.41, 5.74) is 3.62. The van der Waals surface area contributed by atoms with Gasteiger partial charge in [0.1, 0.15) is 5.82 Å². The number of fused-ring (bicyclic) bond motifs is 1. The van der Waals surface area contributed by atoms with Gasteiger partial charge in [-0.25, -0.2) is 4.98 Å². The zero-order valence-electron chi connectivity index (χ0n) is 13.9. The van der Waals surface area contributed by atoms with Crippen molar-refractivity contribution in [3.8, 4) is 11.1 Å². The monoisotopic (exact) mass is 359 g/mol. The van der Waals surface area contributed by atoms with E-state index in [0.717, 1.165) is 39.8 Å². The molecule has 3 aromatic rings. The number of nitrogens with one attached hydrogen (secondary N) is 1. The van der Waals surface area contributed by atoms with Crippen LogP contribution in [0.4, 0.5) is 5.82 Å². The number of halogens is 2. The highest BCUT2D eigenvalue weighted by molar-refractivity contribution is 6.40. The molecule has 24 heavy (non-hydrogen) atoms. The second kappa shape index (κ2) is 6.96. The van der Waals surface area contributed by atoms with Gasteiger partial charge in [0.15, 0.2) is 0 Å². The van der Waals surface area contributed by atoms with E-state index < -0.39 is 0 Å². The molecule has 0 amide bonds. The number of benzene rings is 1. The van der Waals surface area contributed by atoms with E-state index in [9.17, 15) is 0 Å². The molecule has 3 rings (SSSR count). The molecule has 1 unspecified atom stereocenters. The molecule has 0 fully saturated rings. The van der Waals surface area contributed by atoms with Crippen LogP contribution in [0.5, 0.6) is 0 Å². The third kappa shape index (κ3) is 3.06. The van der Waals surface area contributed by atoms with Crippen molar-refractivity contribution in [1.82, 2.24) is 9.97 Å². The Morgan fingerprint density at radius 1 is 1.17 bits per heavy atom. The Balaban J connectivity index is 2.35. The van der Waals surface area contributed by atoms with Gasteiger partial charge in [0, 0.05) is 40.0 Å². The van der Waals surface area contributed by atoms with Crippen LogP contribution in [-0.2, 0) is 0 Å². The van der Waals surface area contributed by atoms with E-state index >= 15 is 0 Å². The highest BCUT2D eigenvalue weighted by Gasteiger charge is 2.20. The quantitative estimate of drug-likeness (QED) is 0.609. The van der Waals surface area contributed by atoms with Gasteiger partial charge in [-0.3, -0.25) is 4.98 Å². The number of anilines is 1. The van der Waals surface area contributed by atoms with Crippen molar-refractivity contribution in [1.29, 1.82) is 0 Å². The number of aromatic nitrogens is 2. The molecule has 0 aliphatic carbocycles. The minimum Gasteiger partial charge on any atom is -0.367 e. The number of aryl methyl sites for hydroxylation is 1. The SMILES string of the molecule is CCC(C)Nc1nc2ccncc2c(Cl)c1-c1c(C)cccc1Cl. The maximum atomic E-state index is 6.77. The fourth-order valence-electron chi connectivity index (χ4n) is 2.69. The maximum Gasteiger partial charge on any atom is 0.136 e. The van der Waals surface area contributed by atoms with Crippen LogP contribution < -0.4 is 5.32 Å². The lowest BCUT2D eigenvalue weighted by atomic mass is 9.99. The fraction of sp³-hybridized carbons (Fsp3) is 0.263. The highest BCUT2D eigenvalue weighted by Crippen LogP contribution is 2.43. The van der Waals surface area contributed by atoms with Gasteiger partial charge < -0.3 is 5.32 Å². The topological polar surface area (TPSA) is 37.8 Å². The molecule has 0 aliphatic heterocycles. The predicted molar refractivity (Wildman–Crippen MR) is 103 cm³/mol. The summed E-state index contributed by atoms with van der Waals surface area (Å²) in [5.74, 6) is 0.754. The van der Waals surface area contributed by atoms with E-state index in [0.29, 0.717) is 10.0 Å². The summed E-state index contributed by atoms with van der Waals surface area (Å²) in [6.45, 7) is 6.28. The summed E-state index contributed by atoms with van der Waals surface area (Å²) < 4.78 is 0. The van der Waals surface area contributed by atoms with E-state index in [1.54, 1.807) is 12.4 Å². The maximum absolute atomic E-state index is 6.77. The van der Waals surface area contributed by atoms with Crippen molar-refractivity contribution < 1.29 is 0 Å². The number of hydrogen-bond acceptors (Lipinski definition) is 3. The molecular weight excluding hydrogens is 341 g/mol. The second-order valence-electron chi connectivity index (χ2n) is 5.93. The first-order chi connectivity index (χ1) is 11.5. The van der Waals surface area contributed by atoms with Gasteiger partial charge in [0.2, 0.25) is 0 Å². The Morgan fingerprint density at radius 2 is 1.96 bits per heavy atom. The summed E-state index contributed by atoms with van der Waals surface area (Å²) in [6.07, 6.45) is 4.45. The smallest absolute Gasteiger partial charge is 0.136 e. The number of hydrogen-bond donors (Lipinski definition) is 1.